The van der Waals surface area contributed by atoms with Gasteiger partial charge >= 0.3 is 0 Å². The summed E-state index contributed by atoms with van der Waals surface area (Å²) in [4.78, 5) is 0. The summed E-state index contributed by atoms with van der Waals surface area (Å²) in [6, 6.07) is 8.23. The van der Waals surface area contributed by atoms with Gasteiger partial charge in [-0.1, -0.05) is 18.2 Å². The number of ether oxygens (including phenoxy) is 1. The van der Waals surface area contributed by atoms with Crippen molar-refractivity contribution in [3.05, 3.63) is 30.0 Å². The molecule has 4 heteroatoms. The Kier molecular flexibility index (Phi) is 3.68. The number of nitrogens with one attached hydrogen (secondary N) is 1. The van der Waals surface area contributed by atoms with E-state index in [0.717, 1.165) is 12.1 Å². The fourth-order valence-corrected chi connectivity index (χ4v) is 2.19. The van der Waals surface area contributed by atoms with Gasteiger partial charge in [0, 0.05) is 5.39 Å². The van der Waals surface area contributed by atoms with E-state index in [1.807, 2.05) is 26.2 Å². The van der Waals surface area contributed by atoms with E-state index in [-0.39, 0.29) is 5.54 Å². The van der Waals surface area contributed by atoms with Crippen LogP contribution < -0.4 is 5.32 Å². The van der Waals surface area contributed by atoms with Crippen LogP contribution in [0.3, 0.4) is 0 Å². The summed E-state index contributed by atoms with van der Waals surface area (Å²) in [6.45, 7) is 5.71. The average molecular weight is 247 g/mol. The van der Waals surface area contributed by atoms with Crippen LogP contribution in [-0.4, -0.2) is 30.5 Å². The lowest BCUT2D eigenvalue weighted by Crippen LogP contribution is -2.38. The fourth-order valence-electron chi connectivity index (χ4n) is 2.19. The van der Waals surface area contributed by atoms with Crippen molar-refractivity contribution in [2.45, 2.75) is 26.0 Å². The highest BCUT2D eigenvalue weighted by atomic mass is 16.5. The molecule has 0 amide bonds. The van der Waals surface area contributed by atoms with E-state index in [4.69, 9.17) is 4.74 Å². The Morgan fingerprint density at radius 3 is 2.67 bits per heavy atom. The lowest BCUT2D eigenvalue weighted by Gasteiger charge is -2.31. The van der Waals surface area contributed by atoms with Crippen LogP contribution in [0.5, 0.6) is 0 Å². The maximum atomic E-state index is 5.62. The molecular weight excluding hydrogens is 226 g/mol. The molecule has 1 aromatic heterocycles. The highest BCUT2D eigenvalue weighted by Gasteiger charge is 2.29. The van der Waals surface area contributed by atoms with Crippen molar-refractivity contribution in [3.63, 3.8) is 0 Å². The first-order valence-electron chi connectivity index (χ1n) is 6.23. The highest BCUT2D eigenvalue weighted by molar-refractivity contribution is 5.81. The molecule has 0 unspecified atom stereocenters. The van der Waals surface area contributed by atoms with Crippen LogP contribution in [0, 0.1) is 0 Å². The maximum absolute atomic E-state index is 5.62. The molecule has 1 aliphatic heterocycles. The lowest BCUT2D eigenvalue weighted by molar-refractivity contribution is 0.0144. The second kappa shape index (κ2) is 5.08. The van der Waals surface area contributed by atoms with Crippen LogP contribution >= 0.6 is 0 Å². The van der Waals surface area contributed by atoms with E-state index >= 15 is 0 Å². The number of hydrogen-bond donors (Lipinski definition) is 1. The van der Waals surface area contributed by atoms with Gasteiger partial charge in [0.2, 0.25) is 0 Å². The minimum Gasteiger partial charge on any atom is -0.373 e. The first kappa shape index (κ1) is 13.1. The van der Waals surface area contributed by atoms with E-state index in [1.165, 1.54) is 11.1 Å². The van der Waals surface area contributed by atoms with Crippen LogP contribution in [0.25, 0.3) is 10.9 Å². The summed E-state index contributed by atoms with van der Waals surface area (Å²) in [6.07, 6.45) is 0. The van der Waals surface area contributed by atoms with Crippen LogP contribution in [-0.2, 0) is 16.9 Å². The number of fused-ring (bicyclic) bond motifs is 3. The second-order valence-corrected chi connectivity index (χ2v) is 5.18. The Bertz CT molecular complexity index is 531. The molecule has 0 bridgehead atoms. The zero-order chi connectivity index (χ0) is 13.2. The monoisotopic (exact) mass is 247 g/mol. The summed E-state index contributed by atoms with van der Waals surface area (Å²) in [7, 11) is 3.75. The molecule has 1 aliphatic rings. The van der Waals surface area contributed by atoms with Crippen molar-refractivity contribution in [1.29, 1.82) is 0 Å². The third-order valence-electron chi connectivity index (χ3n) is 2.95. The van der Waals surface area contributed by atoms with Crippen LogP contribution in [0.2, 0.25) is 0 Å². The number of rotatable bonds is 0. The number of nitrogens with zero attached hydrogens (tertiary/aromatic N) is 2. The third kappa shape index (κ3) is 2.26. The van der Waals surface area contributed by atoms with Crippen LogP contribution in [0.15, 0.2) is 24.3 Å². The standard InChI is InChI=1S/C12H14N2O.C2H7N/c1-12(2)8-15-7-11-9-5-3-4-6-10(9)13-14(11)12;1-3-2/h3-6H,7-8H2,1-2H3;3H,1-2H3. The quantitative estimate of drug-likeness (QED) is 0.775. The van der Waals surface area contributed by atoms with E-state index in [9.17, 15) is 0 Å². The van der Waals surface area contributed by atoms with Gasteiger partial charge in [-0.05, 0) is 34.0 Å². The molecule has 0 saturated heterocycles. The third-order valence-corrected chi connectivity index (χ3v) is 2.95. The van der Waals surface area contributed by atoms with E-state index in [2.05, 4.69) is 41.1 Å². The molecule has 18 heavy (non-hydrogen) atoms. The molecule has 1 N–H and O–H groups in total. The van der Waals surface area contributed by atoms with Gasteiger partial charge in [0.25, 0.3) is 0 Å². The minimum atomic E-state index is -0.0351. The zero-order valence-electron chi connectivity index (χ0n) is 11.5. The lowest BCUT2D eigenvalue weighted by atomic mass is 10.1. The zero-order valence-corrected chi connectivity index (χ0v) is 11.5. The van der Waals surface area contributed by atoms with Gasteiger partial charge in [0.1, 0.15) is 0 Å². The molecule has 2 heterocycles. The number of aromatic nitrogens is 2. The minimum absolute atomic E-state index is 0.0351. The Labute approximate surface area is 108 Å². The Balaban J connectivity index is 0.000000367. The summed E-state index contributed by atoms with van der Waals surface area (Å²) >= 11 is 0. The van der Waals surface area contributed by atoms with Crippen molar-refractivity contribution in [3.8, 4) is 0 Å². The fraction of sp³-hybridized carbons (Fsp3) is 0.500. The topological polar surface area (TPSA) is 39.1 Å². The highest BCUT2D eigenvalue weighted by Crippen LogP contribution is 2.29. The van der Waals surface area contributed by atoms with Gasteiger partial charge < -0.3 is 10.1 Å². The Morgan fingerprint density at radius 2 is 1.94 bits per heavy atom. The molecule has 0 radical (unpaired) electrons. The molecule has 4 nitrogen and oxygen atoms in total. The SMILES string of the molecule is CC1(C)COCc2c3ccccc3nn21.CNC. The summed E-state index contributed by atoms with van der Waals surface area (Å²) < 4.78 is 7.73. The maximum Gasteiger partial charge on any atom is 0.0927 e. The molecule has 0 saturated carbocycles. The predicted molar refractivity (Wildman–Crippen MR) is 73.7 cm³/mol. The molecule has 0 fully saturated rings. The summed E-state index contributed by atoms with van der Waals surface area (Å²) in [5.41, 5.74) is 2.22. The van der Waals surface area contributed by atoms with Crippen molar-refractivity contribution in [2.75, 3.05) is 20.7 Å². The normalized spacial score (nSPS) is 16.9. The van der Waals surface area contributed by atoms with Crippen LogP contribution in [0.1, 0.15) is 19.5 Å². The number of benzene rings is 1. The van der Waals surface area contributed by atoms with Crippen molar-refractivity contribution < 1.29 is 4.74 Å². The average Bonchev–Trinajstić information content (AvgIpc) is 2.71. The molecule has 3 rings (SSSR count). The van der Waals surface area contributed by atoms with E-state index < -0.39 is 0 Å². The van der Waals surface area contributed by atoms with Gasteiger partial charge in [0.05, 0.1) is 30.0 Å². The van der Waals surface area contributed by atoms with Crippen molar-refractivity contribution in [2.24, 2.45) is 0 Å². The summed E-state index contributed by atoms with van der Waals surface area (Å²) in [5, 5.41) is 8.61. The van der Waals surface area contributed by atoms with E-state index in [0.29, 0.717) is 6.61 Å². The van der Waals surface area contributed by atoms with Crippen molar-refractivity contribution >= 4 is 10.9 Å². The predicted octanol–water partition coefficient (Wildman–Crippen LogP) is 2.14. The molecule has 98 valence electrons. The van der Waals surface area contributed by atoms with Gasteiger partial charge in [-0.25, -0.2) is 0 Å². The molecule has 2 aromatic rings. The molecule has 0 atom stereocenters. The van der Waals surface area contributed by atoms with Crippen molar-refractivity contribution in [1.82, 2.24) is 15.1 Å². The van der Waals surface area contributed by atoms with Gasteiger partial charge in [-0.3, -0.25) is 4.68 Å². The molecule has 0 aliphatic carbocycles. The first-order chi connectivity index (χ1) is 8.60. The smallest absolute Gasteiger partial charge is 0.0927 e. The van der Waals surface area contributed by atoms with Gasteiger partial charge in [-0.2, -0.15) is 5.10 Å². The van der Waals surface area contributed by atoms with Gasteiger partial charge in [-0.15, -0.1) is 0 Å². The van der Waals surface area contributed by atoms with Crippen LogP contribution in [0.4, 0.5) is 0 Å². The molecular formula is C14H21N3O. The van der Waals surface area contributed by atoms with Gasteiger partial charge in [0.15, 0.2) is 0 Å². The molecule has 1 aromatic carbocycles. The first-order valence-corrected chi connectivity index (χ1v) is 6.23. The Morgan fingerprint density at radius 1 is 1.28 bits per heavy atom. The molecule has 0 spiro atoms. The number of hydrogen-bond acceptors (Lipinski definition) is 3. The Hall–Kier alpha value is -1.39. The second-order valence-electron chi connectivity index (χ2n) is 5.18. The largest absolute Gasteiger partial charge is 0.373 e. The van der Waals surface area contributed by atoms with E-state index in [1.54, 1.807) is 0 Å². The summed E-state index contributed by atoms with van der Waals surface area (Å²) in [5.74, 6) is 0.